The standard InChI is InChI=1S/C35H31ClN4O2S/c36-29-13-10-26(11-14-29)35-30(22-38-16-18-39(19-17-38)34(41)24-42-23-25-6-2-1-3-7-25)40-21-28(12-15-33(40)37-35)32-20-27-8-4-5-9-31(27)43-32/h1-15,20-21H,16-19,22-24H2. The maximum absolute atomic E-state index is 12.8. The molecule has 8 heteroatoms. The summed E-state index contributed by atoms with van der Waals surface area (Å²) in [5.41, 5.74) is 6.27. The minimum atomic E-state index is 0.0419. The minimum Gasteiger partial charge on any atom is -0.367 e. The largest absolute Gasteiger partial charge is 0.367 e. The quantitative estimate of drug-likeness (QED) is 0.181. The maximum Gasteiger partial charge on any atom is 0.248 e. The van der Waals surface area contributed by atoms with Crippen molar-refractivity contribution in [2.24, 2.45) is 0 Å². The van der Waals surface area contributed by atoms with Crippen molar-refractivity contribution in [1.82, 2.24) is 19.2 Å². The molecule has 0 unspecified atom stereocenters. The van der Waals surface area contributed by atoms with E-state index in [0.717, 1.165) is 47.8 Å². The Hall–Kier alpha value is -4.01. The smallest absolute Gasteiger partial charge is 0.248 e. The summed E-state index contributed by atoms with van der Waals surface area (Å²) >= 11 is 8.03. The van der Waals surface area contributed by atoms with Crippen LogP contribution < -0.4 is 0 Å². The van der Waals surface area contributed by atoms with Crippen LogP contribution in [-0.4, -0.2) is 57.9 Å². The summed E-state index contributed by atoms with van der Waals surface area (Å²) in [5.74, 6) is 0.0419. The molecule has 1 amide bonds. The Kier molecular flexibility index (Phi) is 7.96. The van der Waals surface area contributed by atoms with E-state index in [0.29, 0.717) is 24.7 Å². The second kappa shape index (κ2) is 12.3. The Bertz CT molecular complexity index is 1840. The SMILES string of the molecule is O=C(COCc1ccccc1)N1CCN(Cc2c(-c3ccc(Cl)cc3)nc3ccc(-c4cc5ccccc5s4)cn23)CC1. The van der Waals surface area contributed by atoms with Gasteiger partial charge in [0.15, 0.2) is 0 Å². The molecular weight excluding hydrogens is 576 g/mol. The van der Waals surface area contributed by atoms with Crippen LogP contribution in [-0.2, 0) is 22.7 Å². The second-order valence-corrected chi connectivity index (χ2v) is 12.4. The van der Waals surface area contributed by atoms with E-state index < -0.39 is 0 Å². The molecule has 0 atom stereocenters. The summed E-state index contributed by atoms with van der Waals surface area (Å²) in [6.45, 7) is 4.19. The molecular formula is C35H31ClN4O2S. The van der Waals surface area contributed by atoms with Crippen molar-refractivity contribution in [2.45, 2.75) is 13.2 Å². The van der Waals surface area contributed by atoms with Crippen LogP contribution in [0.4, 0.5) is 0 Å². The van der Waals surface area contributed by atoms with E-state index in [1.54, 1.807) is 11.3 Å². The highest BCUT2D eigenvalue weighted by molar-refractivity contribution is 7.22. The second-order valence-electron chi connectivity index (χ2n) is 10.8. The lowest BCUT2D eigenvalue weighted by atomic mass is 10.1. The normalized spacial score (nSPS) is 14.1. The number of aromatic nitrogens is 2. The lowest BCUT2D eigenvalue weighted by molar-refractivity contribution is -0.138. The van der Waals surface area contributed by atoms with Gasteiger partial charge in [0, 0.05) is 64.6 Å². The number of hydrogen-bond donors (Lipinski definition) is 0. The number of pyridine rings is 1. The molecule has 0 radical (unpaired) electrons. The molecule has 4 heterocycles. The highest BCUT2D eigenvalue weighted by atomic mass is 35.5. The first-order valence-corrected chi connectivity index (χ1v) is 15.7. The molecule has 3 aromatic carbocycles. The average Bonchev–Trinajstić information content (AvgIpc) is 3.64. The fourth-order valence-corrected chi connectivity index (χ4v) is 6.82. The maximum atomic E-state index is 12.8. The van der Waals surface area contributed by atoms with Crippen LogP contribution >= 0.6 is 22.9 Å². The summed E-state index contributed by atoms with van der Waals surface area (Å²) < 4.78 is 9.23. The van der Waals surface area contributed by atoms with Crippen LogP contribution in [0.25, 0.3) is 37.4 Å². The molecule has 1 aliphatic heterocycles. The monoisotopic (exact) mass is 606 g/mol. The molecule has 0 saturated carbocycles. The summed E-state index contributed by atoms with van der Waals surface area (Å²) in [6.07, 6.45) is 2.21. The van der Waals surface area contributed by atoms with Gasteiger partial charge in [-0.25, -0.2) is 4.98 Å². The van der Waals surface area contributed by atoms with Gasteiger partial charge in [0.05, 0.1) is 18.0 Å². The first-order valence-electron chi connectivity index (χ1n) is 14.5. The van der Waals surface area contributed by atoms with Gasteiger partial charge in [0.2, 0.25) is 5.91 Å². The van der Waals surface area contributed by atoms with Gasteiger partial charge in [-0.3, -0.25) is 9.69 Å². The number of carbonyl (C=O) groups excluding carboxylic acids is 1. The third-order valence-electron chi connectivity index (χ3n) is 7.98. The van der Waals surface area contributed by atoms with Gasteiger partial charge < -0.3 is 14.0 Å². The van der Waals surface area contributed by atoms with Crippen LogP contribution in [0, 0.1) is 0 Å². The number of carbonyl (C=O) groups is 1. The van der Waals surface area contributed by atoms with Gasteiger partial charge >= 0.3 is 0 Å². The van der Waals surface area contributed by atoms with E-state index in [2.05, 4.69) is 58.0 Å². The Balaban J connectivity index is 1.11. The molecule has 7 rings (SSSR count). The Morgan fingerprint density at radius 1 is 0.860 bits per heavy atom. The molecule has 0 N–H and O–H groups in total. The number of fused-ring (bicyclic) bond motifs is 2. The van der Waals surface area contributed by atoms with Crippen LogP contribution in [0.5, 0.6) is 0 Å². The zero-order valence-corrected chi connectivity index (χ0v) is 25.2. The number of hydrogen-bond acceptors (Lipinski definition) is 5. The van der Waals surface area contributed by atoms with Crippen LogP contribution in [0.15, 0.2) is 103 Å². The Morgan fingerprint density at radius 3 is 2.40 bits per heavy atom. The van der Waals surface area contributed by atoms with Crippen molar-refractivity contribution >= 4 is 44.6 Å². The van der Waals surface area contributed by atoms with Gasteiger partial charge in [0.1, 0.15) is 12.3 Å². The molecule has 1 saturated heterocycles. The molecule has 3 aromatic heterocycles. The predicted octanol–water partition coefficient (Wildman–Crippen LogP) is 7.40. The molecule has 43 heavy (non-hydrogen) atoms. The van der Waals surface area contributed by atoms with Gasteiger partial charge in [-0.2, -0.15) is 0 Å². The zero-order valence-electron chi connectivity index (χ0n) is 23.7. The Morgan fingerprint density at radius 2 is 1.60 bits per heavy atom. The summed E-state index contributed by atoms with van der Waals surface area (Å²) in [4.78, 5) is 23.5. The number of benzene rings is 3. The van der Waals surface area contributed by atoms with Gasteiger partial charge in [0.25, 0.3) is 0 Å². The first-order chi connectivity index (χ1) is 21.1. The van der Waals surface area contributed by atoms with Crippen molar-refractivity contribution in [1.29, 1.82) is 0 Å². The lowest BCUT2D eigenvalue weighted by Gasteiger charge is -2.34. The van der Waals surface area contributed by atoms with Crippen LogP contribution in [0.1, 0.15) is 11.3 Å². The van der Waals surface area contributed by atoms with Crippen molar-refractivity contribution in [3.8, 4) is 21.7 Å². The van der Waals surface area contributed by atoms with Crippen molar-refractivity contribution in [3.63, 3.8) is 0 Å². The van der Waals surface area contributed by atoms with Gasteiger partial charge in [-0.1, -0.05) is 72.3 Å². The lowest BCUT2D eigenvalue weighted by Crippen LogP contribution is -2.49. The molecule has 1 aliphatic rings. The summed E-state index contributed by atoms with van der Waals surface area (Å²) in [6, 6.07) is 32.9. The zero-order chi connectivity index (χ0) is 29.2. The topological polar surface area (TPSA) is 50.1 Å². The molecule has 0 aliphatic carbocycles. The molecule has 216 valence electrons. The molecule has 0 spiro atoms. The molecule has 1 fully saturated rings. The van der Waals surface area contributed by atoms with Gasteiger partial charge in [-0.15, -0.1) is 11.3 Å². The highest BCUT2D eigenvalue weighted by Crippen LogP contribution is 2.35. The summed E-state index contributed by atoms with van der Waals surface area (Å²) in [7, 11) is 0. The Labute approximate surface area is 259 Å². The first kappa shape index (κ1) is 27.8. The van der Waals surface area contributed by atoms with E-state index in [1.165, 1.54) is 20.5 Å². The number of ether oxygens (including phenoxy) is 1. The number of piperazine rings is 1. The van der Waals surface area contributed by atoms with Crippen molar-refractivity contribution < 1.29 is 9.53 Å². The molecule has 6 nitrogen and oxygen atoms in total. The van der Waals surface area contributed by atoms with Crippen molar-refractivity contribution in [3.05, 3.63) is 120 Å². The molecule has 6 aromatic rings. The van der Waals surface area contributed by atoms with Crippen molar-refractivity contribution in [2.75, 3.05) is 32.8 Å². The van der Waals surface area contributed by atoms with Gasteiger partial charge in [-0.05, 0) is 47.3 Å². The van der Waals surface area contributed by atoms with E-state index in [-0.39, 0.29) is 12.5 Å². The number of nitrogens with zero attached hydrogens (tertiary/aromatic N) is 4. The third kappa shape index (κ3) is 6.08. The predicted molar refractivity (Wildman–Crippen MR) is 174 cm³/mol. The fraction of sp³-hybridized carbons (Fsp3) is 0.200. The van der Waals surface area contributed by atoms with Crippen LogP contribution in [0.3, 0.4) is 0 Å². The van der Waals surface area contributed by atoms with Crippen LogP contribution in [0.2, 0.25) is 5.02 Å². The summed E-state index contributed by atoms with van der Waals surface area (Å²) in [5, 5.41) is 1.96. The number of imidazole rings is 1. The number of halogens is 1. The molecule has 0 bridgehead atoms. The van der Waals surface area contributed by atoms with E-state index in [4.69, 9.17) is 21.3 Å². The van der Waals surface area contributed by atoms with E-state index >= 15 is 0 Å². The number of amides is 1. The average molecular weight is 607 g/mol. The number of rotatable bonds is 8. The fourth-order valence-electron chi connectivity index (χ4n) is 5.64. The third-order valence-corrected chi connectivity index (χ3v) is 9.40. The number of thiophene rings is 1. The minimum absolute atomic E-state index is 0.0419. The highest BCUT2D eigenvalue weighted by Gasteiger charge is 2.24. The van der Waals surface area contributed by atoms with E-state index in [9.17, 15) is 4.79 Å². The van der Waals surface area contributed by atoms with E-state index in [1.807, 2.05) is 59.5 Å².